The number of hydrogen-bond acceptors (Lipinski definition) is 2. The predicted molar refractivity (Wildman–Crippen MR) is 92.7 cm³/mol. The van der Waals surface area contributed by atoms with Gasteiger partial charge in [0.05, 0.1) is 6.42 Å². The molecule has 6 heteroatoms. The molecule has 1 aliphatic heterocycles. The van der Waals surface area contributed by atoms with Crippen molar-refractivity contribution in [2.75, 3.05) is 26.2 Å². The molecule has 24 heavy (non-hydrogen) atoms. The minimum atomic E-state index is 0.0389. The van der Waals surface area contributed by atoms with E-state index in [1.165, 1.54) is 19.3 Å². The third kappa shape index (κ3) is 4.30. The summed E-state index contributed by atoms with van der Waals surface area (Å²) in [5.74, 6) is 0.147. The molecule has 0 bridgehead atoms. The summed E-state index contributed by atoms with van der Waals surface area (Å²) in [6, 6.07) is 2.35. The monoisotopic (exact) mass is 332 g/mol. The Labute approximate surface area is 143 Å². The van der Waals surface area contributed by atoms with Crippen LogP contribution in [0.4, 0.5) is 4.79 Å². The second kappa shape index (κ2) is 7.73. The second-order valence-electron chi connectivity index (χ2n) is 7.01. The van der Waals surface area contributed by atoms with Crippen LogP contribution in [0.2, 0.25) is 0 Å². The molecule has 1 aromatic rings. The topological polar surface area (TPSA) is 57.6 Å². The van der Waals surface area contributed by atoms with Gasteiger partial charge in [0, 0.05) is 51.7 Å². The molecule has 0 atom stereocenters. The molecule has 2 aliphatic rings. The quantitative estimate of drug-likeness (QED) is 0.917. The van der Waals surface area contributed by atoms with Gasteiger partial charge in [0.1, 0.15) is 0 Å². The number of piperazine rings is 1. The molecule has 1 saturated carbocycles. The first kappa shape index (κ1) is 16.9. The van der Waals surface area contributed by atoms with Crippen LogP contribution in [0, 0.1) is 0 Å². The highest BCUT2D eigenvalue weighted by Crippen LogP contribution is 2.18. The molecule has 2 heterocycles. The number of amides is 3. The zero-order valence-electron chi connectivity index (χ0n) is 14.5. The summed E-state index contributed by atoms with van der Waals surface area (Å²) in [5.41, 5.74) is 1.04. The normalized spacial score (nSPS) is 19.4. The molecule has 6 nitrogen and oxygen atoms in total. The number of nitrogens with zero attached hydrogens (tertiary/aromatic N) is 3. The zero-order valence-corrected chi connectivity index (χ0v) is 14.5. The molecule has 132 valence electrons. The van der Waals surface area contributed by atoms with Gasteiger partial charge in [-0.15, -0.1) is 0 Å². The van der Waals surface area contributed by atoms with Crippen molar-refractivity contribution >= 4 is 11.9 Å². The maximum atomic E-state index is 12.4. The Kier molecular flexibility index (Phi) is 5.43. The summed E-state index contributed by atoms with van der Waals surface area (Å²) in [7, 11) is 1.96. The average Bonchev–Trinajstić information content (AvgIpc) is 3.00. The Hall–Kier alpha value is -1.98. The first-order valence-corrected chi connectivity index (χ1v) is 9.06. The van der Waals surface area contributed by atoms with Crippen molar-refractivity contribution in [2.24, 2.45) is 7.05 Å². The van der Waals surface area contributed by atoms with E-state index in [1.54, 1.807) is 0 Å². The molecule has 0 spiro atoms. The fourth-order valence-corrected chi connectivity index (χ4v) is 3.62. The highest BCUT2D eigenvalue weighted by Gasteiger charge is 2.25. The van der Waals surface area contributed by atoms with E-state index in [0.29, 0.717) is 38.6 Å². The Balaban J connectivity index is 1.43. The van der Waals surface area contributed by atoms with Crippen molar-refractivity contribution in [2.45, 2.75) is 44.6 Å². The van der Waals surface area contributed by atoms with Crippen molar-refractivity contribution < 1.29 is 9.59 Å². The van der Waals surface area contributed by atoms with Crippen LogP contribution in [0.5, 0.6) is 0 Å². The van der Waals surface area contributed by atoms with Gasteiger partial charge >= 0.3 is 6.03 Å². The summed E-state index contributed by atoms with van der Waals surface area (Å²) in [6.45, 7) is 2.51. The summed E-state index contributed by atoms with van der Waals surface area (Å²) in [6.07, 6.45) is 10.3. The van der Waals surface area contributed by atoms with Gasteiger partial charge in [0.2, 0.25) is 5.91 Å². The first-order valence-electron chi connectivity index (χ1n) is 9.06. The van der Waals surface area contributed by atoms with Crippen LogP contribution in [-0.2, 0) is 18.3 Å². The predicted octanol–water partition coefficient (Wildman–Crippen LogP) is 1.75. The zero-order chi connectivity index (χ0) is 16.9. The van der Waals surface area contributed by atoms with Crippen LogP contribution >= 0.6 is 0 Å². The van der Waals surface area contributed by atoms with Crippen molar-refractivity contribution in [3.8, 4) is 0 Å². The van der Waals surface area contributed by atoms with E-state index in [2.05, 4.69) is 5.32 Å². The molecule has 0 unspecified atom stereocenters. The van der Waals surface area contributed by atoms with Crippen molar-refractivity contribution in [1.82, 2.24) is 19.7 Å². The minimum absolute atomic E-state index is 0.0389. The molecule has 1 aromatic heterocycles. The number of nitrogens with one attached hydrogen (secondary N) is 1. The van der Waals surface area contributed by atoms with Gasteiger partial charge in [-0.05, 0) is 24.5 Å². The van der Waals surface area contributed by atoms with Gasteiger partial charge in [-0.2, -0.15) is 0 Å². The van der Waals surface area contributed by atoms with Crippen LogP contribution in [-0.4, -0.2) is 58.5 Å². The highest BCUT2D eigenvalue weighted by atomic mass is 16.2. The van der Waals surface area contributed by atoms with Gasteiger partial charge in [-0.25, -0.2) is 4.79 Å². The average molecular weight is 332 g/mol. The van der Waals surface area contributed by atoms with E-state index in [4.69, 9.17) is 0 Å². The molecule has 1 N–H and O–H groups in total. The molecule has 3 rings (SSSR count). The van der Waals surface area contributed by atoms with Gasteiger partial charge in [0.25, 0.3) is 0 Å². The number of carbonyl (C=O) groups is 2. The summed E-state index contributed by atoms with van der Waals surface area (Å²) < 4.78 is 1.95. The number of carbonyl (C=O) groups excluding carboxylic acids is 2. The molecule has 1 saturated heterocycles. The van der Waals surface area contributed by atoms with Gasteiger partial charge in [0.15, 0.2) is 0 Å². The van der Waals surface area contributed by atoms with E-state index in [-0.39, 0.29) is 11.9 Å². The van der Waals surface area contributed by atoms with Crippen LogP contribution in [0.15, 0.2) is 18.5 Å². The lowest BCUT2D eigenvalue weighted by molar-refractivity contribution is -0.131. The summed E-state index contributed by atoms with van der Waals surface area (Å²) in [4.78, 5) is 28.4. The number of aryl methyl sites for hydroxylation is 1. The van der Waals surface area contributed by atoms with Crippen LogP contribution in [0.3, 0.4) is 0 Å². The smallest absolute Gasteiger partial charge is 0.317 e. The SMILES string of the molecule is Cn1ccc(CC(=O)N2CCN(C(=O)NC3CCCCC3)CC2)c1. The van der Waals surface area contributed by atoms with Crippen molar-refractivity contribution in [3.63, 3.8) is 0 Å². The van der Waals surface area contributed by atoms with Gasteiger partial charge in [-0.1, -0.05) is 19.3 Å². The molecular formula is C18H28N4O2. The third-order valence-electron chi connectivity index (χ3n) is 5.10. The van der Waals surface area contributed by atoms with Gasteiger partial charge in [-0.3, -0.25) is 4.79 Å². The molecular weight excluding hydrogens is 304 g/mol. The number of hydrogen-bond donors (Lipinski definition) is 1. The summed E-state index contributed by atoms with van der Waals surface area (Å²) >= 11 is 0. The number of aromatic nitrogens is 1. The fraction of sp³-hybridized carbons (Fsp3) is 0.667. The Morgan fingerprint density at radius 1 is 1.08 bits per heavy atom. The number of urea groups is 1. The van der Waals surface area contributed by atoms with Crippen LogP contribution < -0.4 is 5.32 Å². The Bertz CT molecular complexity index is 569. The Morgan fingerprint density at radius 2 is 1.75 bits per heavy atom. The molecule has 0 radical (unpaired) electrons. The first-order chi connectivity index (χ1) is 11.6. The third-order valence-corrected chi connectivity index (χ3v) is 5.10. The van der Waals surface area contributed by atoms with Gasteiger partial charge < -0.3 is 19.7 Å². The lowest BCUT2D eigenvalue weighted by Crippen LogP contribution is -2.54. The van der Waals surface area contributed by atoms with E-state index >= 15 is 0 Å². The van der Waals surface area contributed by atoms with E-state index in [9.17, 15) is 9.59 Å². The maximum absolute atomic E-state index is 12.4. The van der Waals surface area contributed by atoms with Crippen LogP contribution in [0.25, 0.3) is 0 Å². The second-order valence-corrected chi connectivity index (χ2v) is 7.01. The van der Waals surface area contributed by atoms with E-state index in [1.807, 2.05) is 39.9 Å². The largest absolute Gasteiger partial charge is 0.357 e. The minimum Gasteiger partial charge on any atom is -0.357 e. The van der Waals surface area contributed by atoms with Crippen LogP contribution in [0.1, 0.15) is 37.7 Å². The lowest BCUT2D eigenvalue weighted by Gasteiger charge is -2.36. The van der Waals surface area contributed by atoms with Crippen molar-refractivity contribution in [3.05, 3.63) is 24.0 Å². The maximum Gasteiger partial charge on any atom is 0.317 e. The molecule has 2 fully saturated rings. The van der Waals surface area contributed by atoms with Crippen molar-refractivity contribution in [1.29, 1.82) is 0 Å². The standard InChI is InChI=1S/C18H28N4O2/c1-20-8-7-15(14-20)13-17(23)21-9-11-22(12-10-21)18(24)19-16-5-3-2-4-6-16/h7-8,14,16H,2-6,9-13H2,1H3,(H,19,24). The fourth-order valence-electron chi connectivity index (χ4n) is 3.62. The highest BCUT2D eigenvalue weighted by molar-refractivity contribution is 5.79. The summed E-state index contributed by atoms with van der Waals surface area (Å²) in [5, 5.41) is 3.16. The lowest BCUT2D eigenvalue weighted by atomic mass is 9.96. The molecule has 0 aromatic carbocycles. The molecule has 3 amide bonds. The van der Waals surface area contributed by atoms with E-state index in [0.717, 1.165) is 18.4 Å². The number of rotatable bonds is 3. The van der Waals surface area contributed by atoms with E-state index < -0.39 is 0 Å². The Morgan fingerprint density at radius 3 is 2.38 bits per heavy atom. The molecule has 1 aliphatic carbocycles.